The minimum atomic E-state index is -0.771. The van der Waals surface area contributed by atoms with E-state index in [4.69, 9.17) is 16.7 Å². The summed E-state index contributed by atoms with van der Waals surface area (Å²) in [4.78, 5) is 15.7. The molecule has 2 N–H and O–H groups in total. The number of benzene rings is 1. The first-order valence-electron chi connectivity index (χ1n) is 5.72. The van der Waals surface area contributed by atoms with Crippen LogP contribution in [-0.4, -0.2) is 34.6 Å². The summed E-state index contributed by atoms with van der Waals surface area (Å²) in [6, 6.07) is 5.73. The van der Waals surface area contributed by atoms with Crippen molar-refractivity contribution in [3.8, 4) is 0 Å². The van der Waals surface area contributed by atoms with Crippen LogP contribution in [0.3, 0.4) is 0 Å². The van der Waals surface area contributed by atoms with E-state index in [0.29, 0.717) is 11.6 Å². The van der Waals surface area contributed by atoms with Crippen molar-refractivity contribution in [2.45, 2.75) is 13.0 Å². The first-order valence-corrected chi connectivity index (χ1v) is 6.10. The van der Waals surface area contributed by atoms with E-state index in [9.17, 15) is 4.79 Å². The summed E-state index contributed by atoms with van der Waals surface area (Å²) in [5, 5.41) is 10.5. The van der Waals surface area contributed by atoms with Gasteiger partial charge in [-0.1, -0.05) is 17.7 Å². The van der Waals surface area contributed by atoms with Crippen molar-refractivity contribution in [2.24, 2.45) is 0 Å². The molecule has 0 atom stereocenters. The zero-order chi connectivity index (χ0) is 13.1. The van der Waals surface area contributed by atoms with Crippen LogP contribution in [-0.2, 0) is 11.3 Å². The number of aromatic nitrogens is 1. The number of rotatable bonds is 5. The van der Waals surface area contributed by atoms with Crippen molar-refractivity contribution in [1.82, 2.24) is 9.88 Å². The molecule has 0 saturated heterocycles. The fourth-order valence-electron chi connectivity index (χ4n) is 1.95. The number of carbonyl (C=O) groups is 1. The second-order valence-electron chi connectivity index (χ2n) is 4.39. The van der Waals surface area contributed by atoms with Crippen LogP contribution in [0, 0.1) is 0 Å². The van der Waals surface area contributed by atoms with Gasteiger partial charge in [0.2, 0.25) is 0 Å². The third-order valence-corrected chi connectivity index (χ3v) is 3.11. The molecule has 2 aromatic rings. The summed E-state index contributed by atoms with van der Waals surface area (Å²) in [7, 11) is 1.91. The van der Waals surface area contributed by atoms with Crippen molar-refractivity contribution in [3.63, 3.8) is 0 Å². The maximum atomic E-state index is 10.5. The van der Waals surface area contributed by atoms with Crippen molar-refractivity contribution < 1.29 is 9.90 Å². The van der Waals surface area contributed by atoms with Gasteiger partial charge in [-0.05, 0) is 24.7 Å². The molecule has 0 spiro atoms. The fraction of sp³-hybridized carbons (Fsp3) is 0.308. The van der Waals surface area contributed by atoms with Gasteiger partial charge in [-0.25, -0.2) is 0 Å². The third-order valence-electron chi connectivity index (χ3n) is 2.88. The summed E-state index contributed by atoms with van der Waals surface area (Å²) in [6.45, 7) is 1.25. The standard InChI is InChI=1S/C13H15ClN2O2/c1-16(5-4-13(17)18)8-9-7-15-12-6-10(14)2-3-11(9)12/h2-3,6-7,15H,4-5,8H2,1H3,(H,17,18). The molecule has 0 fully saturated rings. The van der Waals surface area contributed by atoms with E-state index in [1.165, 1.54) is 0 Å². The number of carboxylic acids is 1. The van der Waals surface area contributed by atoms with Gasteiger partial charge in [0.25, 0.3) is 0 Å². The molecule has 0 saturated carbocycles. The first-order chi connectivity index (χ1) is 8.56. The molecule has 0 aliphatic heterocycles. The normalized spacial score (nSPS) is 11.3. The molecule has 0 radical (unpaired) electrons. The van der Waals surface area contributed by atoms with Crippen LogP contribution in [0.1, 0.15) is 12.0 Å². The Labute approximate surface area is 110 Å². The average molecular weight is 267 g/mol. The van der Waals surface area contributed by atoms with Crippen molar-refractivity contribution in [2.75, 3.05) is 13.6 Å². The lowest BCUT2D eigenvalue weighted by molar-refractivity contribution is -0.137. The quantitative estimate of drug-likeness (QED) is 0.875. The summed E-state index contributed by atoms with van der Waals surface area (Å²) in [6.07, 6.45) is 2.10. The largest absolute Gasteiger partial charge is 0.481 e. The van der Waals surface area contributed by atoms with Crippen LogP contribution in [0.2, 0.25) is 5.02 Å². The highest BCUT2D eigenvalue weighted by molar-refractivity contribution is 6.31. The molecule has 0 aliphatic carbocycles. The molecule has 1 heterocycles. The molecule has 0 aliphatic rings. The van der Waals surface area contributed by atoms with Gasteiger partial charge >= 0.3 is 5.97 Å². The molecule has 96 valence electrons. The molecule has 0 unspecified atom stereocenters. The molecule has 5 heteroatoms. The number of halogens is 1. The Balaban J connectivity index is 2.09. The van der Waals surface area contributed by atoms with Crippen LogP contribution < -0.4 is 0 Å². The van der Waals surface area contributed by atoms with E-state index >= 15 is 0 Å². The predicted molar refractivity (Wildman–Crippen MR) is 71.9 cm³/mol. The Morgan fingerprint density at radius 3 is 3.00 bits per heavy atom. The monoisotopic (exact) mass is 266 g/mol. The maximum Gasteiger partial charge on any atom is 0.304 e. The zero-order valence-electron chi connectivity index (χ0n) is 10.1. The van der Waals surface area contributed by atoms with Crippen LogP contribution in [0.5, 0.6) is 0 Å². The highest BCUT2D eigenvalue weighted by Gasteiger charge is 2.08. The molecule has 2 rings (SSSR count). The first kappa shape index (κ1) is 12.9. The summed E-state index contributed by atoms with van der Waals surface area (Å²) >= 11 is 5.92. The van der Waals surface area contributed by atoms with E-state index in [-0.39, 0.29) is 6.42 Å². The molecule has 0 amide bonds. The fourth-order valence-corrected chi connectivity index (χ4v) is 2.12. The molecule has 18 heavy (non-hydrogen) atoms. The SMILES string of the molecule is CN(CCC(=O)O)Cc1c[nH]c2cc(Cl)ccc12. The summed E-state index contributed by atoms with van der Waals surface area (Å²) in [5.41, 5.74) is 2.15. The Hall–Kier alpha value is -1.52. The predicted octanol–water partition coefficient (Wildman–Crippen LogP) is 2.73. The van der Waals surface area contributed by atoms with Crippen LogP contribution in [0.25, 0.3) is 10.9 Å². The number of H-pyrrole nitrogens is 1. The van der Waals surface area contributed by atoms with Gasteiger partial charge in [0, 0.05) is 35.2 Å². The van der Waals surface area contributed by atoms with Crippen LogP contribution in [0.15, 0.2) is 24.4 Å². The lowest BCUT2D eigenvalue weighted by Gasteiger charge is -2.14. The molecule has 1 aromatic heterocycles. The van der Waals surface area contributed by atoms with E-state index in [2.05, 4.69) is 4.98 Å². The van der Waals surface area contributed by atoms with Crippen LogP contribution >= 0.6 is 11.6 Å². The second kappa shape index (κ2) is 5.42. The number of nitrogens with zero attached hydrogens (tertiary/aromatic N) is 1. The van der Waals surface area contributed by atoms with Gasteiger partial charge in [0.15, 0.2) is 0 Å². The van der Waals surface area contributed by atoms with Gasteiger partial charge < -0.3 is 15.0 Å². The van der Waals surface area contributed by atoms with Crippen LogP contribution in [0.4, 0.5) is 0 Å². The van der Waals surface area contributed by atoms with Gasteiger partial charge in [0.05, 0.1) is 6.42 Å². The highest BCUT2D eigenvalue weighted by atomic mass is 35.5. The molecular weight excluding hydrogens is 252 g/mol. The molecule has 4 nitrogen and oxygen atoms in total. The lowest BCUT2D eigenvalue weighted by atomic mass is 10.1. The van der Waals surface area contributed by atoms with E-state index in [1.54, 1.807) is 0 Å². The second-order valence-corrected chi connectivity index (χ2v) is 4.82. The Morgan fingerprint density at radius 1 is 1.50 bits per heavy atom. The number of fused-ring (bicyclic) bond motifs is 1. The minimum Gasteiger partial charge on any atom is -0.481 e. The molecule has 0 bridgehead atoms. The minimum absolute atomic E-state index is 0.157. The van der Waals surface area contributed by atoms with Gasteiger partial charge in [-0.3, -0.25) is 4.79 Å². The number of nitrogens with one attached hydrogen (secondary N) is 1. The average Bonchev–Trinajstić information content (AvgIpc) is 2.69. The number of aromatic amines is 1. The van der Waals surface area contributed by atoms with E-state index in [0.717, 1.165) is 23.0 Å². The number of aliphatic carboxylic acids is 1. The van der Waals surface area contributed by atoms with Gasteiger partial charge in [-0.2, -0.15) is 0 Å². The van der Waals surface area contributed by atoms with E-state index in [1.807, 2.05) is 36.3 Å². The van der Waals surface area contributed by atoms with Gasteiger partial charge in [0.1, 0.15) is 0 Å². The maximum absolute atomic E-state index is 10.5. The lowest BCUT2D eigenvalue weighted by Crippen LogP contribution is -2.21. The summed E-state index contributed by atoms with van der Waals surface area (Å²) in [5.74, 6) is -0.771. The van der Waals surface area contributed by atoms with Gasteiger partial charge in [-0.15, -0.1) is 0 Å². The summed E-state index contributed by atoms with van der Waals surface area (Å²) < 4.78 is 0. The van der Waals surface area contributed by atoms with E-state index < -0.39 is 5.97 Å². The topological polar surface area (TPSA) is 56.3 Å². The Morgan fingerprint density at radius 2 is 2.28 bits per heavy atom. The third kappa shape index (κ3) is 3.03. The molecular formula is C13H15ClN2O2. The van der Waals surface area contributed by atoms with Crippen molar-refractivity contribution in [1.29, 1.82) is 0 Å². The zero-order valence-corrected chi connectivity index (χ0v) is 10.9. The molecule has 1 aromatic carbocycles. The smallest absolute Gasteiger partial charge is 0.304 e. The Bertz CT molecular complexity index is 565. The number of carboxylic acid groups (broad SMARTS) is 1. The van der Waals surface area contributed by atoms with Crippen molar-refractivity contribution in [3.05, 3.63) is 35.0 Å². The number of hydrogen-bond donors (Lipinski definition) is 2. The Kier molecular flexibility index (Phi) is 3.89. The number of hydrogen-bond acceptors (Lipinski definition) is 2. The van der Waals surface area contributed by atoms with Crippen molar-refractivity contribution >= 4 is 28.5 Å². The highest BCUT2D eigenvalue weighted by Crippen LogP contribution is 2.22.